The van der Waals surface area contributed by atoms with E-state index in [2.05, 4.69) is 22.5 Å². The number of carbonyl (C=O) groups is 1. The number of amides is 1. The quantitative estimate of drug-likeness (QED) is 0.706. The fourth-order valence-corrected chi connectivity index (χ4v) is 3.00. The van der Waals surface area contributed by atoms with Gasteiger partial charge in [0.2, 0.25) is 5.91 Å². The minimum atomic E-state index is -0.161. The summed E-state index contributed by atoms with van der Waals surface area (Å²) in [4.78, 5) is 14.4. The molecule has 2 rings (SSSR count). The van der Waals surface area contributed by atoms with Gasteiger partial charge in [0.1, 0.15) is 6.04 Å². The average Bonchev–Trinajstić information content (AvgIpc) is 2.49. The van der Waals surface area contributed by atoms with Crippen molar-refractivity contribution in [2.75, 3.05) is 39.4 Å². The third-order valence-corrected chi connectivity index (χ3v) is 4.35. The smallest absolute Gasteiger partial charge is 0.239 e. The van der Waals surface area contributed by atoms with Crippen molar-refractivity contribution >= 4 is 5.91 Å². The standard InChI is InChI=1S/C15H29N3O2/c1-13-6-2-4-9-18(13)10-5-3-7-17-15(19)14-12-20-11-8-16-14/h13-14,16H,2-12H2,1H3,(H,17,19). The molecule has 116 valence electrons. The first kappa shape index (κ1) is 15.7. The van der Waals surface area contributed by atoms with Gasteiger partial charge in [-0.2, -0.15) is 0 Å². The lowest BCUT2D eigenvalue weighted by atomic mass is 10.0. The van der Waals surface area contributed by atoms with Gasteiger partial charge in [0.25, 0.3) is 0 Å². The summed E-state index contributed by atoms with van der Waals surface area (Å²) in [5.41, 5.74) is 0. The van der Waals surface area contributed by atoms with E-state index >= 15 is 0 Å². The predicted octanol–water partition coefficient (Wildman–Crippen LogP) is 0.746. The number of hydrogen-bond acceptors (Lipinski definition) is 4. The zero-order valence-corrected chi connectivity index (χ0v) is 12.7. The van der Waals surface area contributed by atoms with Gasteiger partial charge >= 0.3 is 0 Å². The van der Waals surface area contributed by atoms with E-state index in [9.17, 15) is 4.79 Å². The number of likely N-dealkylation sites (tertiary alicyclic amines) is 1. The molecule has 2 aliphatic rings. The molecule has 0 aromatic heterocycles. The predicted molar refractivity (Wildman–Crippen MR) is 79.7 cm³/mol. The van der Waals surface area contributed by atoms with Crippen molar-refractivity contribution < 1.29 is 9.53 Å². The van der Waals surface area contributed by atoms with Crippen LogP contribution in [0.3, 0.4) is 0 Å². The summed E-state index contributed by atoms with van der Waals surface area (Å²) in [6.45, 7) is 7.49. The third kappa shape index (κ3) is 5.04. The Bertz CT molecular complexity index is 293. The number of unbranched alkanes of at least 4 members (excludes halogenated alkanes) is 1. The maximum Gasteiger partial charge on any atom is 0.239 e. The van der Waals surface area contributed by atoms with Gasteiger partial charge in [-0.05, 0) is 45.7 Å². The summed E-state index contributed by atoms with van der Waals surface area (Å²) >= 11 is 0. The molecule has 0 saturated carbocycles. The summed E-state index contributed by atoms with van der Waals surface area (Å²) in [6, 6.07) is 0.577. The van der Waals surface area contributed by atoms with Crippen LogP contribution >= 0.6 is 0 Å². The van der Waals surface area contributed by atoms with Crippen LogP contribution in [0.25, 0.3) is 0 Å². The van der Waals surface area contributed by atoms with Gasteiger partial charge < -0.3 is 20.3 Å². The highest BCUT2D eigenvalue weighted by molar-refractivity contribution is 5.81. The lowest BCUT2D eigenvalue weighted by molar-refractivity contribution is -0.125. The van der Waals surface area contributed by atoms with Gasteiger partial charge in [-0.3, -0.25) is 4.79 Å². The molecule has 2 heterocycles. The van der Waals surface area contributed by atoms with E-state index in [0.29, 0.717) is 13.2 Å². The molecule has 2 unspecified atom stereocenters. The number of piperidine rings is 1. The molecule has 0 aromatic rings. The van der Waals surface area contributed by atoms with Crippen LogP contribution in [-0.4, -0.2) is 62.3 Å². The highest BCUT2D eigenvalue weighted by atomic mass is 16.5. The summed E-state index contributed by atoms with van der Waals surface area (Å²) in [5, 5.41) is 6.17. The maximum absolute atomic E-state index is 11.9. The lowest BCUT2D eigenvalue weighted by Crippen LogP contribution is -2.51. The van der Waals surface area contributed by atoms with Gasteiger partial charge in [-0.25, -0.2) is 0 Å². The number of ether oxygens (including phenoxy) is 1. The van der Waals surface area contributed by atoms with Crippen LogP contribution in [0.5, 0.6) is 0 Å². The van der Waals surface area contributed by atoms with E-state index in [1.165, 1.54) is 38.8 Å². The number of rotatable bonds is 6. The van der Waals surface area contributed by atoms with Crippen LogP contribution in [0.4, 0.5) is 0 Å². The van der Waals surface area contributed by atoms with Crippen molar-refractivity contribution in [3.8, 4) is 0 Å². The largest absolute Gasteiger partial charge is 0.378 e. The molecule has 2 aliphatic heterocycles. The monoisotopic (exact) mass is 283 g/mol. The zero-order chi connectivity index (χ0) is 14.2. The van der Waals surface area contributed by atoms with E-state index in [0.717, 1.165) is 25.6 Å². The van der Waals surface area contributed by atoms with Gasteiger partial charge in [0, 0.05) is 19.1 Å². The summed E-state index contributed by atoms with van der Waals surface area (Å²) in [6.07, 6.45) is 6.28. The normalized spacial score (nSPS) is 28.2. The molecule has 20 heavy (non-hydrogen) atoms. The molecular formula is C15H29N3O2. The van der Waals surface area contributed by atoms with Crippen molar-refractivity contribution in [3.63, 3.8) is 0 Å². The molecule has 5 heteroatoms. The Labute approximate surface area is 122 Å². The minimum Gasteiger partial charge on any atom is -0.378 e. The number of hydrogen-bond donors (Lipinski definition) is 2. The average molecular weight is 283 g/mol. The Morgan fingerprint density at radius 3 is 3.05 bits per heavy atom. The van der Waals surface area contributed by atoms with E-state index in [4.69, 9.17) is 4.74 Å². The first-order chi connectivity index (χ1) is 9.77. The highest BCUT2D eigenvalue weighted by Gasteiger charge is 2.20. The Balaban J connectivity index is 1.51. The van der Waals surface area contributed by atoms with Crippen LogP contribution in [0.15, 0.2) is 0 Å². The fourth-order valence-electron chi connectivity index (χ4n) is 3.00. The second-order valence-corrected chi connectivity index (χ2v) is 5.96. The number of nitrogens with one attached hydrogen (secondary N) is 2. The molecule has 2 N–H and O–H groups in total. The Kier molecular flexibility index (Phi) is 6.76. The van der Waals surface area contributed by atoms with Crippen LogP contribution in [0, 0.1) is 0 Å². The fraction of sp³-hybridized carbons (Fsp3) is 0.933. The van der Waals surface area contributed by atoms with Gasteiger partial charge in [0.15, 0.2) is 0 Å². The van der Waals surface area contributed by atoms with E-state index in [1.807, 2.05) is 0 Å². The topological polar surface area (TPSA) is 53.6 Å². The van der Waals surface area contributed by atoms with Gasteiger partial charge in [-0.15, -0.1) is 0 Å². The molecule has 0 aliphatic carbocycles. The van der Waals surface area contributed by atoms with Crippen molar-refractivity contribution in [2.24, 2.45) is 0 Å². The molecule has 0 bridgehead atoms. The van der Waals surface area contributed by atoms with Crippen LogP contribution in [-0.2, 0) is 9.53 Å². The molecule has 2 saturated heterocycles. The van der Waals surface area contributed by atoms with Crippen molar-refractivity contribution in [2.45, 2.75) is 51.1 Å². The third-order valence-electron chi connectivity index (χ3n) is 4.35. The molecule has 0 aromatic carbocycles. The van der Waals surface area contributed by atoms with Crippen molar-refractivity contribution in [1.29, 1.82) is 0 Å². The molecule has 0 spiro atoms. The molecule has 2 fully saturated rings. The Morgan fingerprint density at radius 1 is 1.40 bits per heavy atom. The second-order valence-electron chi connectivity index (χ2n) is 5.96. The first-order valence-electron chi connectivity index (χ1n) is 8.10. The number of carbonyl (C=O) groups excluding carboxylic acids is 1. The molecular weight excluding hydrogens is 254 g/mol. The summed E-state index contributed by atoms with van der Waals surface area (Å²) in [7, 11) is 0. The first-order valence-corrected chi connectivity index (χ1v) is 8.10. The minimum absolute atomic E-state index is 0.0797. The second kappa shape index (κ2) is 8.60. The molecule has 2 atom stereocenters. The number of morpholine rings is 1. The zero-order valence-electron chi connectivity index (χ0n) is 12.7. The molecule has 5 nitrogen and oxygen atoms in total. The summed E-state index contributed by atoms with van der Waals surface area (Å²) in [5.74, 6) is 0.0797. The Morgan fingerprint density at radius 2 is 2.30 bits per heavy atom. The van der Waals surface area contributed by atoms with Crippen LogP contribution < -0.4 is 10.6 Å². The van der Waals surface area contributed by atoms with Crippen LogP contribution in [0.2, 0.25) is 0 Å². The highest BCUT2D eigenvalue weighted by Crippen LogP contribution is 2.16. The maximum atomic E-state index is 11.9. The summed E-state index contributed by atoms with van der Waals surface area (Å²) < 4.78 is 5.29. The Hall–Kier alpha value is -0.650. The van der Waals surface area contributed by atoms with Gasteiger partial charge in [0.05, 0.1) is 13.2 Å². The molecule has 0 radical (unpaired) electrons. The molecule has 1 amide bonds. The van der Waals surface area contributed by atoms with E-state index < -0.39 is 0 Å². The van der Waals surface area contributed by atoms with Gasteiger partial charge in [-0.1, -0.05) is 6.42 Å². The number of nitrogens with zero attached hydrogens (tertiary/aromatic N) is 1. The van der Waals surface area contributed by atoms with Crippen molar-refractivity contribution in [3.05, 3.63) is 0 Å². The SMILES string of the molecule is CC1CCCCN1CCCCNC(=O)C1COCCN1. The van der Waals surface area contributed by atoms with Crippen molar-refractivity contribution in [1.82, 2.24) is 15.5 Å². The lowest BCUT2D eigenvalue weighted by Gasteiger charge is -2.33. The van der Waals surface area contributed by atoms with Crippen LogP contribution in [0.1, 0.15) is 39.0 Å². The van der Waals surface area contributed by atoms with E-state index in [1.54, 1.807) is 0 Å². The van der Waals surface area contributed by atoms with E-state index in [-0.39, 0.29) is 11.9 Å².